The number of hydrogen-bond donors (Lipinski definition) is 1. The van der Waals surface area contributed by atoms with Crippen molar-refractivity contribution in [3.63, 3.8) is 0 Å². The molecule has 1 saturated heterocycles. The number of benzene rings is 5. The normalized spacial score (nSPS) is 17.7. The van der Waals surface area contributed by atoms with Gasteiger partial charge in [0.05, 0.1) is 33.3 Å². The molecule has 248 valence electrons. The van der Waals surface area contributed by atoms with E-state index in [1.54, 1.807) is 21.3 Å². The van der Waals surface area contributed by atoms with E-state index in [1.807, 2.05) is 24.3 Å². The topological polar surface area (TPSA) is 60.4 Å². The molecule has 0 aromatic heterocycles. The van der Waals surface area contributed by atoms with Crippen molar-refractivity contribution in [1.29, 1.82) is 0 Å². The lowest BCUT2D eigenvalue weighted by molar-refractivity contribution is 0.163. The Morgan fingerprint density at radius 2 is 1.49 bits per heavy atom. The maximum Gasteiger partial charge on any atom is 0.178 e. The third kappa shape index (κ3) is 4.68. The van der Waals surface area contributed by atoms with Crippen molar-refractivity contribution >= 4 is 22.5 Å². The van der Waals surface area contributed by atoms with Crippen LogP contribution in [0.2, 0.25) is 0 Å². The number of aliphatic hydroxyl groups excluding tert-OH is 1. The summed E-state index contributed by atoms with van der Waals surface area (Å²) in [7, 11) is 5.09. The van der Waals surface area contributed by atoms with Gasteiger partial charge in [0.25, 0.3) is 0 Å². The molecule has 5 aromatic rings. The summed E-state index contributed by atoms with van der Waals surface area (Å²) in [5, 5.41) is 12.0. The van der Waals surface area contributed by atoms with Gasteiger partial charge in [-0.05, 0) is 88.5 Å². The van der Waals surface area contributed by atoms with Crippen molar-refractivity contribution in [3.8, 4) is 34.1 Å². The second-order valence-corrected chi connectivity index (χ2v) is 13.7. The number of aliphatic hydroxyl groups is 1. The molecule has 1 N–H and O–H groups in total. The van der Waals surface area contributed by atoms with Gasteiger partial charge in [-0.3, -0.25) is 0 Å². The van der Waals surface area contributed by atoms with E-state index >= 15 is 0 Å². The van der Waals surface area contributed by atoms with E-state index in [0.29, 0.717) is 6.54 Å². The fraction of sp³-hybridized carbons (Fsp3) is 0.256. The number of anilines is 1. The zero-order valence-corrected chi connectivity index (χ0v) is 28.7. The van der Waals surface area contributed by atoms with Crippen LogP contribution in [0, 0.1) is 0 Å². The first kappa shape index (κ1) is 30.9. The van der Waals surface area contributed by atoms with Gasteiger partial charge in [-0.2, -0.15) is 0 Å². The Labute approximate surface area is 287 Å². The van der Waals surface area contributed by atoms with Crippen molar-refractivity contribution in [1.82, 2.24) is 0 Å². The Hall–Kier alpha value is -5.36. The molecule has 0 bridgehead atoms. The number of hydrogen-bond acceptors (Lipinski definition) is 6. The van der Waals surface area contributed by atoms with Crippen LogP contribution in [0.15, 0.2) is 103 Å². The monoisotopic (exact) mass is 651 g/mol. The molecule has 2 heterocycles. The smallest absolute Gasteiger partial charge is 0.178 e. The highest BCUT2D eigenvalue weighted by molar-refractivity contribution is 6.10. The Morgan fingerprint density at radius 1 is 0.816 bits per heavy atom. The van der Waals surface area contributed by atoms with Gasteiger partial charge in [-0.15, -0.1) is 0 Å². The largest absolute Gasteiger partial charge is 0.516 e. The molecule has 0 unspecified atom stereocenters. The maximum absolute atomic E-state index is 9.92. The second kappa shape index (κ2) is 11.7. The van der Waals surface area contributed by atoms with E-state index in [9.17, 15) is 5.11 Å². The van der Waals surface area contributed by atoms with Crippen LogP contribution in [-0.4, -0.2) is 39.5 Å². The average molecular weight is 652 g/mol. The van der Waals surface area contributed by atoms with E-state index in [1.165, 1.54) is 28.5 Å². The quantitative estimate of drug-likeness (QED) is 0.185. The molecule has 49 heavy (non-hydrogen) atoms. The van der Waals surface area contributed by atoms with Gasteiger partial charge in [-0.1, -0.05) is 68.5 Å². The summed E-state index contributed by atoms with van der Waals surface area (Å²) in [4.78, 5) is 2.32. The molecule has 1 aliphatic carbocycles. The van der Waals surface area contributed by atoms with Crippen LogP contribution >= 0.6 is 0 Å². The third-order valence-electron chi connectivity index (χ3n) is 10.7. The Bertz CT molecular complexity index is 2100. The fourth-order valence-electron chi connectivity index (χ4n) is 8.24. The molecule has 0 radical (unpaired) electrons. The van der Waals surface area contributed by atoms with E-state index in [0.717, 1.165) is 81.1 Å². The lowest BCUT2D eigenvalue weighted by Crippen LogP contribution is -2.35. The molecule has 1 fully saturated rings. The number of fused-ring (bicyclic) bond motifs is 8. The SMILES string of the molecule is COc1ccc(C2(c3ccc(OC)cc3)C=Cc3c4c(c5cc(N6CCC/C(=C/O)C6)c(OC)cc5c3O2)-c2ccccc2C4(C)C)cc1. The number of piperidine rings is 1. The minimum Gasteiger partial charge on any atom is -0.516 e. The summed E-state index contributed by atoms with van der Waals surface area (Å²) >= 11 is 0. The Morgan fingerprint density at radius 3 is 2.12 bits per heavy atom. The molecule has 3 aliphatic rings. The van der Waals surface area contributed by atoms with Gasteiger partial charge in [0.1, 0.15) is 23.0 Å². The first-order valence-corrected chi connectivity index (χ1v) is 16.9. The highest BCUT2D eigenvalue weighted by atomic mass is 16.5. The van der Waals surface area contributed by atoms with Crippen LogP contribution in [0.5, 0.6) is 23.0 Å². The number of rotatable bonds is 6. The summed E-state index contributed by atoms with van der Waals surface area (Å²) in [5.74, 6) is 3.16. The molecule has 8 rings (SSSR count). The van der Waals surface area contributed by atoms with Crippen molar-refractivity contribution in [2.24, 2.45) is 0 Å². The van der Waals surface area contributed by atoms with Crippen LogP contribution in [0.4, 0.5) is 5.69 Å². The Balaban J connectivity index is 1.43. The van der Waals surface area contributed by atoms with Crippen LogP contribution in [0.25, 0.3) is 28.0 Å². The van der Waals surface area contributed by atoms with Gasteiger partial charge in [0.15, 0.2) is 5.60 Å². The molecule has 2 aliphatic heterocycles. The van der Waals surface area contributed by atoms with E-state index in [4.69, 9.17) is 18.9 Å². The van der Waals surface area contributed by atoms with E-state index in [-0.39, 0.29) is 5.41 Å². The highest BCUT2D eigenvalue weighted by Gasteiger charge is 2.44. The summed E-state index contributed by atoms with van der Waals surface area (Å²) in [6.07, 6.45) is 7.59. The first-order chi connectivity index (χ1) is 23.8. The fourth-order valence-corrected chi connectivity index (χ4v) is 8.24. The highest BCUT2D eigenvalue weighted by Crippen LogP contribution is 2.59. The predicted octanol–water partition coefficient (Wildman–Crippen LogP) is 9.56. The lowest BCUT2D eigenvalue weighted by Gasteiger charge is -2.39. The van der Waals surface area contributed by atoms with Gasteiger partial charge in [-0.25, -0.2) is 0 Å². The van der Waals surface area contributed by atoms with Crippen molar-refractivity contribution in [2.45, 2.75) is 37.7 Å². The molecule has 0 saturated carbocycles. The van der Waals surface area contributed by atoms with Crippen LogP contribution < -0.4 is 23.8 Å². The average Bonchev–Trinajstić information content (AvgIpc) is 3.40. The standard InChI is InChI=1S/C43H41NO5/c1-42(2)36-11-7-6-10-32(36)39-34-23-37(44-22-8-9-27(25-44)26-45)38(48-5)24-35(34)41-33(40(39)42)20-21-43(49-41,28-12-16-30(46-3)17-13-28)29-14-18-31(47-4)19-15-29/h6-7,10-21,23-24,26,45H,8-9,22,25H2,1-5H3/b27-26-. The molecule has 0 amide bonds. The van der Waals surface area contributed by atoms with Crippen LogP contribution in [-0.2, 0) is 11.0 Å². The van der Waals surface area contributed by atoms with Gasteiger partial charge >= 0.3 is 0 Å². The second-order valence-electron chi connectivity index (χ2n) is 13.7. The molecule has 6 heteroatoms. The molecular formula is C43H41NO5. The zero-order chi connectivity index (χ0) is 33.9. The summed E-state index contributed by atoms with van der Waals surface area (Å²) in [6, 6.07) is 29.5. The Kier molecular flexibility index (Phi) is 7.36. The van der Waals surface area contributed by atoms with Crippen LogP contribution in [0.1, 0.15) is 54.5 Å². The molecular weight excluding hydrogens is 610 g/mol. The van der Waals surface area contributed by atoms with Gasteiger partial charge < -0.3 is 29.0 Å². The summed E-state index contributed by atoms with van der Waals surface area (Å²) < 4.78 is 24.7. The summed E-state index contributed by atoms with van der Waals surface area (Å²) in [6.45, 7) is 6.18. The van der Waals surface area contributed by atoms with Gasteiger partial charge in [0, 0.05) is 40.6 Å². The van der Waals surface area contributed by atoms with Gasteiger partial charge in [0.2, 0.25) is 0 Å². The summed E-state index contributed by atoms with van der Waals surface area (Å²) in [5.41, 5.74) is 8.94. The number of ether oxygens (including phenoxy) is 4. The molecule has 0 atom stereocenters. The van der Waals surface area contributed by atoms with Crippen molar-refractivity contribution in [3.05, 3.63) is 131 Å². The van der Waals surface area contributed by atoms with Crippen LogP contribution in [0.3, 0.4) is 0 Å². The first-order valence-electron chi connectivity index (χ1n) is 16.9. The van der Waals surface area contributed by atoms with Crippen molar-refractivity contribution in [2.75, 3.05) is 39.3 Å². The maximum atomic E-state index is 9.92. The van der Waals surface area contributed by atoms with E-state index < -0.39 is 5.60 Å². The molecule has 5 aromatic carbocycles. The minimum absolute atomic E-state index is 0.268. The third-order valence-corrected chi connectivity index (χ3v) is 10.7. The predicted molar refractivity (Wildman–Crippen MR) is 197 cm³/mol. The van der Waals surface area contributed by atoms with E-state index in [2.05, 4.69) is 91.6 Å². The number of nitrogens with zero attached hydrogens (tertiary/aromatic N) is 1. The molecule has 6 nitrogen and oxygen atoms in total. The molecule has 0 spiro atoms. The zero-order valence-electron chi connectivity index (χ0n) is 28.7. The van der Waals surface area contributed by atoms with Crippen molar-refractivity contribution < 1.29 is 24.1 Å². The minimum atomic E-state index is -0.929. The lowest BCUT2D eigenvalue weighted by atomic mass is 9.76. The number of methoxy groups -OCH3 is 3.